The van der Waals surface area contributed by atoms with Crippen LogP contribution in [0.2, 0.25) is 0 Å². The molecule has 0 saturated heterocycles. The standard InChI is InChI=1S/C16H20FNO3/c1-16(2,3)21-11-15(20)18-13-7-8-14(17)12(10-13)6-4-5-9-19/h7-8,10,19H,5,9,11H2,1-3H3,(H,18,20). The Balaban J connectivity index is 2.70. The summed E-state index contributed by atoms with van der Waals surface area (Å²) in [5.74, 6) is 4.47. The molecule has 0 atom stereocenters. The van der Waals surface area contributed by atoms with Crippen molar-refractivity contribution in [3.05, 3.63) is 29.6 Å². The number of carbonyl (C=O) groups is 1. The summed E-state index contributed by atoms with van der Waals surface area (Å²) in [6, 6.07) is 4.15. The second-order valence-corrected chi connectivity index (χ2v) is 5.42. The topological polar surface area (TPSA) is 58.6 Å². The van der Waals surface area contributed by atoms with E-state index in [4.69, 9.17) is 9.84 Å². The third-order valence-corrected chi connectivity index (χ3v) is 2.35. The molecule has 114 valence electrons. The van der Waals surface area contributed by atoms with Gasteiger partial charge >= 0.3 is 0 Å². The van der Waals surface area contributed by atoms with Crippen molar-refractivity contribution in [1.29, 1.82) is 0 Å². The lowest BCUT2D eigenvalue weighted by Gasteiger charge is -2.19. The van der Waals surface area contributed by atoms with E-state index in [0.29, 0.717) is 5.69 Å². The Labute approximate surface area is 124 Å². The normalized spacial score (nSPS) is 10.7. The number of hydrogen-bond acceptors (Lipinski definition) is 3. The van der Waals surface area contributed by atoms with E-state index in [9.17, 15) is 9.18 Å². The van der Waals surface area contributed by atoms with E-state index in [2.05, 4.69) is 17.2 Å². The molecule has 0 radical (unpaired) electrons. The van der Waals surface area contributed by atoms with Gasteiger partial charge in [-0.1, -0.05) is 11.8 Å². The average Bonchev–Trinajstić information content (AvgIpc) is 2.39. The predicted octanol–water partition coefficient (Wildman–Crippen LogP) is 2.31. The first-order valence-corrected chi connectivity index (χ1v) is 6.65. The Morgan fingerprint density at radius 2 is 2.14 bits per heavy atom. The van der Waals surface area contributed by atoms with Crippen LogP contribution in [0.4, 0.5) is 10.1 Å². The lowest BCUT2D eigenvalue weighted by atomic mass is 10.2. The second kappa shape index (κ2) is 7.77. The van der Waals surface area contributed by atoms with Crippen LogP contribution in [0.3, 0.4) is 0 Å². The van der Waals surface area contributed by atoms with Crippen LogP contribution in [0.1, 0.15) is 32.8 Å². The zero-order chi connectivity index (χ0) is 15.9. The smallest absolute Gasteiger partial charge is 0.250 e. The molecule has 21 heavy (non-hydrogen) atoms. The minimum absolute atomic E-state index is 0.0742. The van der Waals surface area contributed by atoms with Gasteiger partial charge in [0.15, 0.2) is 0 Å². The maximum absolute atomic E-state index is 13.5. The van der Waals surface area contributed by atoms with Crippen molar-refractivity contribution in [2.75, 3.05) is 18.5 Å². The van der Waals surface area contributed by atoms with E-state index in [-0.39, 0.29) is 31.1 Å². The van der Waals surface area contributed by atoms with Crippen LogP contribution in [-0.2, 0) is 9.53 Å². The lowest BCUT2D eigenvalue weighted by molar-refractivity contribution is -0.125. The Morgan fingerprint density at radius 1 is 1.43 bits per heavy atom. The first-order valence-electron chi connectivity index (χ1n) is 6.65. The number of rotatable bonds is 4. The summed E-state index contributed by atoms with van der Waals surface area (Å²) in [5, 5.41) is 11.3. The summed E-state index contributed by atoms with van der Waals surface area (Å²) >= 11 is 0. The zero-order valence-electron chi connectivity index (χ0n) is 12.5. The summed E-state index contributed by atoms with van der Waals surface area (Å²) in [7, 11) is 0. The number of benzene rings is 1. The van der Waals surface area contributed by atoms with Gasteiger partial charge < -0.3 is 15.2 Å². The van der Waals surface area contributed by atoms with Crippen molar-refractivity contribution in [1.82, 2.24) is 0 Å². The molecule has 0 spiro atoms. The zero-order valence-corrected chi connectivity index (χ0v) is 12.5. The number of halogens is 1. The maximum Gasteiger partial charge on any atom is 0.250 e. The highest BCUT2D eigenvalue weighted by atomic mass is 19.1. The molecule has 0 bridgehead atoms. The molecule has 0 aliphatic rings. The first kappa shape index (κ1) is 17.2. The summed E-state index contributed by atoms with van der Waals surface area (Å²) < 4.78 is 18.9. The molecule has 0 aliphatic heterocycles. The monoisotopic (exact) mass is 293 g/mol. The van der Waals surface area contributed by atoms with Crippen molar-refractivity contribution >= 4 is 11.6 Å². The molecule has 0 aliphatic carbocycles. The summed E-state index contributed by atoms with van der Waals surface area (Å²) in [5.41, 5.74) is 0.228. The lowest BCUT2D eigenvalue weighted by Crippen LogP contribution is -2.27. The number of ether oxygens (including phenoxy) is 1. The van der Waals surface area contributed by atoms with Crippen LogP contribution >= 0.6 is 0 Å². The van der Waals surface area contributed by atoms with E-state index >= 15 is 0 Å². The van der Waals surface area contributed by atoms with Crippen molar-refractivity contribution in [3.63, 3.8) is 0 Å². The number of aliphatic hydroxyl groups is 1. The van der Waals surface area contributed by atoms with Crippen LogP contribution in [-0.4, -0.2) is 29.8 Å². The first-order chi connectivity index (χ1) is 9.81. The highest BCUT2D eigenvalue weighted by molar-refractivity contribution is 5.91. The maximum atomic E-state index is 13.5. The number of hydrogen-bond donors (Lipinski definition) is 2. The van der Waals surface area contributed by atoms with Crippen LogP contribution in [0.5, 0.6) is 0 Å². The molecular weight excluding hydrogens is 273 g/mol. The van der Waals surface area contributed by atoms with Crippen LogP contribution < -0.4 is 5.32 Å². The minimum atomic E-state index is -0.468. The number of amides is 1. The molecule has 1 aromatic rings. The Bertz CT molecular complexity index is 553. The van der Waals surface area contributed by atoms with Crippen molar-refractivity contribution in [3.8, 4) is 11.8 Å². The summed E-state index contributed by atoms with van der Waals surface area (Å²) in [6.07, 6.45) is 0.273. The molecule has 0 heterocycles. The average molecular weight is 293 g/mol. The van der Waals surface area contributed by atoms with Gasteiger partial charge in [0.1, 0.15) is 12.4 Å². The summed E-state index contributed by atoms with van der Waals surface area (Å²) in [6.45, 7) is 5.41. The Hall–Kier alpha value is -1.90. The van der Waals surface area contributed by atoms with E-state index in [0.717, 1.165) is 0 Å². The molecule has 1 rings (SSSR count). The molecule has 2 N–H and O–H groups in total. The van der Waals surface area contributed by atoms with Crippen LogP contribution in [0, 0.1) is 17.7 Å². The fourth-order valence-corrected chi connectivity index (χ4v) is 1.39. The highest BCUT2D eigenvalue weighted by Gasteiger charge is 2.13. The van der Waals surface area contributed by atoms with E-state index in [1.165, 1.54) is 18.2 Å². The Morgan fingerprint density at radius 3 is 2.76 bits per heavy atom. The third kappa shape index (κ3) is 6.89. The van der Waals surface area contributed by atoms with Crippen molar-refractivity contribution < 1.29 is 19.0 Å². The summed E-state index contributed by atoms with van der Waals surface area (Å²) in [4.78, 5) is 11.7. The SMILES string of the molecule is CC(C)(C)OCC(=O)Nc1ccc(F)c(C#CCCO)c1. The van der Waals surface area contributed by atoms with Crippen molar-refractivity contribution in [2.24, 2.45) is 0 Å². The number of nitrogens with one attached hydrogen (secondary N) is 1. The molecule has 1 aromatic carbocycles. The quantitative estimate of drug-likeness (QED) is 0.838. The van der Waals surface area contributed by atoms with Gasteiger partial charge in [0, 0.05) is 12.1 Å². The number of aliphatic hydroxyl groups excluding tert-OH is 1. The number of carbonyl (C=O) groups excluding carboxylic acids is 1. The van der Waals surface area contributed by atoms with Gasteiger partial charge in [0.05, 0.1) is 17.8 Å². The van der Waals surface area contributed by atoms with E-state index in [1.807, 2.05) is 20.8 Å². The van der Waals surface area contributed by atoms with Gasteiger partial charge in [-0.05, 0) is 39.0 Å². The van der Waals surface area contributed by atoms with Crippen molar-refractivity contribution in [2.45, 2.75) is 32.8 Å². The van der Waals surface area contributed by atoms with Gasteiger partial charge in [0.2, 0.25) is 5.91 Å². The van der Waals surface area contributed by atoms with Gasteiger partial charge in [0.25, 0.3) is 0 Å². The minimum Gasteiger partial charge on any atom is -0.395 e. The fourth-order valence-electron chi connectivity index (χ4n) is 1.39. The van der Waals surface area contributed by atoms with E-state index in [1.54, 1.807) is 0 Å². The highest BCUT2D eigenvalue weighted by Crippen LogP contribution is 2.14. The molecule has 5 heteroatoms. The molecule has 0 saturated carbocycles. The molecule has 0 fully saturated rings. The van der Waals surface area contributed by atoms with Crippen LogP contribution in [0.25, 0.3) is 0 Å². The third-order valence-electron chi connectivity index (χ3n) is 2.35. The van der Waals surface area contributed by atoms with E-state index < -0.39 is 11.4 Å². The van der Waals surface area contributed by atoms with Crippen LogP contribution in [0.15, 0.2) is 18.2 Å². The molecular formula is C16H20FNO3. The molecule has 4 nitrogen and oxygen atoms in total. The molecule has 1 amide bonds. The predicted molar refractivity (Wildman–Crippen MR) is 79.3 cm³/mol. The molecule has 0 unspecified atom stereocenters. The van der Waals surface area contributed by atoms with Gasteiger partial charge in [-0.2, -0.15) is 0 Å². The van der Waals surface area contributed by atoms with Gasteiger partial charge in [-0.15, -0.1) is 0 Å². The van der Waals surface area contributed by atoms with Gasteiger partial charge in [-0.25, -0.2) is 4.39 Å². The fraction of sp³-hybridized carbons (Fsp3) is 0.438. The number of anilines is 1. The second-order valence-electron chi connectivity index (χ2n) is 5.42. The van der Waals surface area contributed by atoms with Gasteiger partial charge in [-0.3, -0.25) is 4.79 Å². The largest absolute Gasteiger partial charge is 0.395 e. The Kier molecular flexibility index (Phi) is 6.35. The molecule has 0 aromatic heterocycles.